The van der Waals surface area contributed by atoms with Gasteiger partial charge >= 0.3 is 6.36 Å². The molecule has 6 nitrogen and oxygen atoms in total. The summed E-state index contributed by atoms with van der Waals surface area (Å²) in [6, 6.07) is 9.25. The molecule has 0 amide bonds. The van der Waals surface area contributed by atoms with E-state index in [2.05, 4.69) is 9.46 Å². The Kier molecular flexibility index (Phi) is 6.73. The maximum atomic E-state index is 12.4. The first-order valence-corrected chi connectivity index (χ1v) is 10.1. The van der Waals surface area contributed by atoms with Gasteiger partial charge in [0.1, 0.15) is 5.75 Å². The maximum Gasteiger partial charge on any atom is 0.573 e. The van der Waals surface area contributed by atoms with E-state index in [0.717, 1.165) is 36.0 Å². The fourth-order valence-corrected chi connectivity index (χ4v) is 3.57. The van der Waals surface area contributed by atoms with Gasteiger partial charge in [-0.25, -0.2) is 8.42 Å². The van der Waals surface area contributed by atoms with Gasteiger partial charge in [-0.2, -0.15) is 0 Å². The van der Waals surface area contributed by atoms with Crippen molar-refractivity contribution in [2.75, 3.05) is 10.5 Å². The maximum absolute atomic E-state index is 12.4. The van der Waals surface area contributed by atoms with E-state index in [4.69, 9.17) is 0 Å². The molecule has 2 aromatic rings. The van der Waals surface area contributed by atoms with Crippen molar-refractivity contribution in [3.05, 3.63) is 54.1 Å². The van der Waals surface area contributed by atoms with Crippen LogP contribution in [0.2, 0.25) is 0 Å². The van der Waals surface area contributed by atoms with Gasteiger partial charge < -0.3 is 4.74 Å². The topological polar surface area (TPSA) is 89.5 Å². The number of alkyl halides is 3. The van der Waals surface area contributed by atoms with Crippen LogP contribution in [-0.2, 0) is 14.8 Å². The van der Waals surface area contributed by atoms with Crippen LogP contribution in [0.5, 0.6) is 5.75 Å². The molecule has 0 aromatic heterocycles. The van der Waals surface area contributed by atoms with Crippen molar-refractivity contribution in [2.45, 2.75) is 18.2 Å². The smallest absolute Gasteiger partial charge is 0.406 e. The Morgan fingerprint density at radius 2 is 1.61 bits per heavy atom. The van der Waals surface area contributed by atoms with Gasteiger partial charge in [0.15, 0.2) is 10.9 Å². The summed E-state index contributed by atoms with van der Waals surface area (Å²) in [7, 11) is -4.01. The van der Waals surface area contributed by atoms with E-state index in [1.54, 1.807) is 0 Å². The molecule has 0 spiro atoms. The summed E-state index contributed by atoms with van der Waals surface area (Å²) in [5, 5.41) is -0.205. The number of carbonyl (C=O) groups is 2. The second kappa shape index (κ2) is 8.65. The number of sulfonamides is 1. The van der Waals surface area contributed by atoms with Crippen molar-refractivity contribution in [1.29, 1.82) is 0 Å². The van der Waals surface area contributed by atoms with Crippen LogP contribution in [0.15, 0.2) is 53.4 Å². The summed E-state index contributed by atoms with van der Waals surface area (Å²) in [6.45, 7) is 1.33. The predicted molar refractivity (Wildman–Crippen MR) is 97.8 cm³/mol. The average molecular weight is 433 g/mol. The number of Topliss-reactive ketones (excluding diaryl/α,β-unsaturated/α-hetero) is 1. The molecule has 0 heterocycles. The average Bonchev–Trinajstić information content (AvgIpc) is 2.60. The van der Waals surface area contributed by atoms with Crippen LogP contribution in [0.25, 0.3) is 0 Å². The van der Waals surface area contributed by atoms with Gasteiger partial charge in [0.2, 0.25) is 0 Å². The van der Waals surface area contributed by atoms with E-state index in [1.807, 2.05) is 0 Å². The van der Waals surface area contributed by atoms with E-state index in [1.165, 1.54) is 31.2 Å². The van der Waals surface area contributed by atoms with E-state index in [9.17, 15) is 31.2 Å². The minimum Gasteiger partial charge on any atom is -0.406 e. The summed E-state index contributed by atoms with van der Waals surface area (Å²) in [4.78, 5) is 22.6. The van der Waals surface area contributed by atoms with Crippen LogP contribution in [0.4, 0.5) is 18.9 Å². The lowest BCUT2D eigenvalue weighted by Crippen LogP contribution is -2.17. The third kappa shape index (κ3) is 6.57. The molecule has 11 heteroatoms. The summed E-state index contributed by atoms with van der Waals surface area (Å²) >= 11 is 0.850. The minimum absolute atomic E-state index is 0.0348. The van der Waals surface area contributed by atoms with Crippen molar-refractivity contribution in [1.82, 2.24) is 0 Å². The number of ether oxygens (including phenoxy) is 1. The van der Waals surface area contributed by atoms with Crippen molar-refractivity contribution in [3.8, 4) is 5.75 Å². The molecular weight excluding hydrogens is 419 g/mol. The van der Waals surface area contributed by atoms with Crippen LogP contribution in [0, 0.1) is 0 Å². The fraction of sp³-hybridized carbons (Fsp3) is 0.176. The number of nitrogens with one attached hydrogen (secondary N) is 1. The SMILES string of the molecule is CC(=O)SCC(=O)c1ccc(S(=O)(=O)Nc2ccc(OC(F)(F)F)cc2)cc1. The molecule has 0 unspecified atom stereocenters. The molecule has 0 aliphatic heterocycles. The molecule has 28 heavy (non-hydrogen) atoms. The lowest BCUT2D eigenvalue weighted by Gasteiger charge is -2.11. The summed E-state index contributed by atoms with van der Waals surface area (Å²) in [5.74, 6) is -0.856. The van der Waals surface area contributed by atoms with Gasteiger partial charge in [-0.1, -0.05) is 23.9 Å². The second-order valence-electron chi connectivity index (χ2n) is 5.41. The van der Waals surface area contributed by atoms with Gasteiger partial charge in [-0.3, -0.25) is 14.3 Å². The first kappa shape index (κ1) is 21.8. The van der Waals surface area contributed by atoms with Crippen molar-refractivity contribution in [3.63, 3.8) is 0 Å². The van der Waals surface area contributed by atoms with Gasteiger partial charge in [0, 0.05) is 18.2 Å². The highest BCUT2D eigenvalue weighted by Crippen LogP contribution is 2.25. The second-order valence-corrected chi connectivity index (χ2v) is 8.24. The number of ketones is 1. The third-order valence-corrected chi connectivity index (χ3v) is 5.44. The first-order chi connectivity index (χ1) is 13.0. The standard InChI is InChI=1S/C17H14F3NO5S2/c1-11(22)27-10-16(23)12-2-8-15(9-3-12)28(24,25)21-13-4-6-14(7-5-13)26-17(18,19)20/h2-9,21H,10H2,1H3. The molecule has 0 atom stereocenters. The predicted octanol–water partition coefficient (Wildman–Crippen LogP) is 3.85. The van der Waals surface area contributed by atoms with Crippen LogP contribution in [-0.4, -0.2) is 31.4 Å². The Morgan fingerprint density at radius 3 is 2.11 bits per heavy atom. The third-order valence-electron chi connectivity index (χ3n) is 3.23. The summed E-state index contributed by atoms with van der Waals surface area (Å²) in [6.07, 6.45) is -4.84. The van der Waals surface area contributed by atoms with Crippen molar-refractivity contribution >= 4 is 38.4 Å². The van der Waals surface area contributed by atoms with E-state index in [0.29, 0.717) is 0 Å². The number of hydrogen-bond acceptors (Lipinski definition) is 6. The molecule has 2 rings (SSSR count). The van der Waals surface area contributed by atoms with Gasteiger partial charge in [0.05, 0.1) is 10.6 Å². The number of halogens is 3. The zero-order valence-corrected chi connectivity index (χ0v) is 16.0. The quantitative estimate of drug-likeness (QED) is 0.668. The Labute approximate surface area is 163 Å². The fourth-order valence-electron chi connectivity index (χ4n) is 2.01. The van der Waals surface area contributed by atoms with Crippen LogP contribution < -0.4 is 9.46 Å². The summed E-state index contributed by atoms with van der Waals surface area (Å²) in [5.41, 5.74) is 0.286. The van der Waals surface area contributed by atoms with E-state index < -0.39 is 22.1 Å². The molecule has 2 aromatic carbocycles. The Balaban J connectivity index is 2.08. The molecular formula is C17H14F3NO5S2. The van der Waals surface area contributed by atoms with Crippen LogP contribution in [0.3, 0.4) is 0 Å². The molecule has 0 radical (unpaired) electrons. The van der Waals surface area contributed by atoms with Gasteiger partial charge in [-0.05, 0) is 36.4 Å². The van der Waals surface area contributed by atoms with Crippen molar-refractivity contribution < 1.29 is 35.9 Å². The monoisotopic (exact) mass is 433 g/mol. The van der Waals surface area contributed by atoms with Crippen LogP contribution >= 0.6 is 11.8 Å². The zero-order chi connectivity index (χ0) is 20.9. The molecule has 0 saturated carbocycles. The zero-order valence-electron chi connectivity index (χ0n) is 14.3. The lowest BCUT2D eigenvalue weighted by atomic mass is 10.1. The molecule has 0 aliphatic carbocycles. The molecule has 0 aliphatic rings. The number of benzene rings is 2. The Morgan fingerprint density at radius 1 is 1.04 bits per heavy atom. The van der Waals surface area contributed by atoms with Crippen LogP contribution in [0.1, 0.15) is 17.3 Å². The Hall–Kier alpha value is -2.53. The van der Waals surface area contributed by atoms with Gasteiger partial charge in [-0.15, -0.1) is 13.2 Å². The molecule has 0 bridgehead atoms. The Bertz CT molecular complexity index is 956. The molecule has 0 saturated heterocycles. The lowest BCUT2D eigenvalue weighted by molar-refractivity contribution is -0.274. The van der Waals surface area contributed by atoms with Crippen molar-refractivity contribution in [2.24, 2.45) is 0 Å². The number of rotatable bonds is 7. The first-order valence-electron chi connectivity index (χ1n) is 7.61. The highest BCUT2D eigenvalue weighted by molar-refractivity contribution is 8.14. The number of carbonyl (C=O) groups excluding carboxylic acids is 2. The molecule has 150 valence electrons. The van der Waals surface area contributed by atoms with Gasteiger partial charge in [0.25, 0.3) is 10.0 Å². The summed E-state index contributed by atoms with van der Waals surface area (Å²) < 4.78 is 67.0. The normalized spacial score (nSPS) is 11.7. The number of hydrogen-bond donors (Lipinski definition) is 1. The highest BCUT2D eigenvalue weighted by atomic mass is 32.2. The highest BCUT2D eigenvalue weighted by Gasteiger charge is 2.31. The largest absolute Gasteiger partial charge is 0.573 e. The number of anilines is 1. The molecule has 0 fully saturated rings. The minimum atomic E-state index is -4.84. The van der Waals surface area contributed by atoms with E-state index in [-0.39, 0.29) is 32.8 Å². The number of thioether (sulfide) groups is 1. The molecule has 1 N–H and O–H groups in total. The van der Waals surface area contributed by atoms with E-state index >= 15 is 0 Å².